The number of hydrogen-bond acceptors (Lipinski definition) is 7. The lowest BCUT2D eigenvalue weighted by Gasteiger charge is -2.20. The summed E-state index contributed by atoms with van der Waals surface area (Å²) in [5.74, 6) is 0.430. The van der Waals surface area contributed by atoms with Crippen molar-refractivity contribution in [3.8, 4) is 11.3 Å². The third-order valence-electron chi connectivity index (χ3n) is 5.81. The van der Waals surface area contributed by atoms with Crippen LogP contribution in [0.2, 0.25) is 0 Å². The number of amides is 1. The van der Waals surface area contributed by atoms with Crippen LogP contribution in [0.1, 0.15) is 17.4 Å². The van der Waals surface area contributed by atoms with E-state index in [0.717, 1.165) is 35.5 Å². The molecule has 0 bridgehead atoms. The molecule has 0 spiro atoms. The van der Waals surface area contributed by atoms with Crippen molar-refractivity contribution in [2.24, 2.45) is 0 Å². The second kappa shape index (κ2) is 12.2. The van der Waals surface area contributed by atoms with E-state index in [-0.39, 0.29) is 0 Å². The Bertz CT molecular complexity index is 1320. The molecular formula is C28H30FN7O. The van der Waals surface area contributed by atoms with Gasteiger partial charge in [-0.05, 0) is 69.0 Å². The minimum absolute atomic E-state index is 0.430. The minimum atomic E-state index is -1.28. The number of hydrogen-bond donors (Lipinski definition) is 2. The second-order valence-electron chi connectivity index (χ2n) is 8.82. The number of rotatable bonds is 11. The van der Waals surface area contributed by atoms with Crippen LogP contribution in [-0.4, -0.2) is 53.4 Å². The van der Waals surface area contributed by atoms with Crippen molar-refractivity contribution in [3.05, 3.63) is 90.4 Å². The van der Waals surface area contributed by atoms with Crippen molar-refractivity contribution < 1.29 is 9.18 Å². The molecule has 0 aliphatic rings. The van der Waals surface area contributed by atoms with E-state index in [2.05, 4.69) is 25.6 Å². The zero-order chi connectivity index (χ0) is 26.2. The van der Waals surface area contributed by atoms with Crippen molar-refractivity contribution in [1.29, 1.82) is 0 Å². The first-order chi connectivity index (χ1) is 17.9. The van der Waals surface area contributed by atoms with Crippen molar-refractivity contribution >= 4 is 29.4 Å². The van der Waals surface area contributed by atoms with Gasteiger partial charge in [0.1, 0.15) is 0 Å². The van der Waals surface area contributed by atoms with Gasteiger partial charge in [0.25, 0.3) is 0 Å². The van der Waals surface area contributed by atoms with E-state index in [1.54, 1.807) is 42.9 Å². The summed E-state index contributed by atoms with van der Waals surface area (Å²) < 4.78 is 14.5. The van der Waals surface area contributed by atoms with Gasteiger partial charge in [0.2, 0.25) is 12.4 Å². The molecule has 9 heteroatoms. The van der Waals surface area contributed by atoms with E-state index >= 15 is 0 Å². The van der Waals surface area contributed by atoms with Gasteiger partial charge in [0.15, 0.2) is 6.30 Å². The molecule has 2 aromatic heterocycles. The first-order valence-corrected chi connectivity index (χ1v) is 11.9. The first kappa shape index (κ1) is 25.9. The minimum Gasteiger partial charge on any atom is -0.324 e. The molecule has 8 nitrogen and oxygen atoms in total. The Kier molecular flexibility index (Phi) is 8.50. The predicted molar refractivity (Wildman–Crippen MR) is 145 cm³/mol. The smallest absolute Gasteiger partial charge is 0.227 e. The lowest BCUT2D eigenvalue weighted by atomic mass is 10.1. The highest BCUT2D eigenvalue weighted by atomic mass is 19.1. The molecule has 1 unspecified atom stereocenters. The maximum atomic E-state index is 14.5. The number of aromatic nitrogens is 3. The molecule has 0 fully saturated rings. The van der Waals surface area contributed by atoms with Gasteiger partial charge in [-0.1, -0.05) is 18.2 Å². The van der Waals surface area contributed by atoms with Crippen LogP contribution < -0.4 is 15.5 Å². The molecule has 37 heavy (non-hydrogen) atoms. The average molecular weight is 500 g/mol. The summed E-state index contributed by atoms with van der Waals surface area (Å²) in [5.41, 5.74) is 5.14. The number of nitrogens with zero attached hydrogens (tertiary/aromatic N) is 5. The van der Waals surface area contributed by atoms with Crippen LogP contribution in [0.15, 0.2) is 79.3 Å². The second-order valence-corrected chi connectivity index (χ2v) is 8.82. The number of alkyl halides is 1. The van der Waals surface area contributed by atoms with Gasteiger partial charge in [-0.2, -0.15) is 0 Å². The fraction of sp³-hybridized carbons (Fsp3) is 0.214. The summed E-state index contributed by atoms with van der Waals surface area (Å²) in [6, 6.07) is 18.1. The molecule has 0 saturated heterocycles. The van der Waals surface area contributed by atoms with E-state index in [4.69, 9.17) is 0 Å². The highest BCUT2D eigenvalue weighted by Crippen LogP contribution is 2.30. The van der Waals surface area contributed by atoms with E-state index in [0.29, 0.717) is 29.4 Å². The molecule has 1 atom stereocenters. The normalized spacial score (nSPS) is 11.8. The van der Waals surface area contributed by atoms with Crippen molar-refractivity contribution in [2.45, 2.75) is 13.2 Å². The summed E-state index contributed by atoms with van der Waals surface area (Å²) in [6.07, 6.45) is 4.60. The van der Waals surface area contributed by atoms with E-state index < -0.39 is 6.30 Å². The predicted octanol–water partition coefficient (Wildman–Crippen LogP) is 5.00. The maximum absolute atomic E-state index is 14.5. The standard InChI is InChI=1S/C28H30FN7O/c1-20-6-9-24(17-26(20)34-28-32-14-12-25(33-28)22-5-4-13-30-18-22)36(19-37)23-10-7-21(8-11-23)27(29)31-15-16-35(2)3/h4-14,17-19,27,31H,15-16H2,1-3H3,(H,32,33,34). The van der Waals surface area contributed by atoms with Crippen molar-refractivity contribution in [2.75, 3.05) is 37.4 Å². The Morgan fingerprint density at radius 3 is 2.51 bits per heavy atom. The number of carbonyl (C=O) groups excluding carboxylic acids is 1. The van der Waals surface area contributed by atoms with Crippen molar-refractivity contribution in [3.63, 3.8) is 0 Å². The number of halogens is 1. The molecule has 0 aliphatic carbocycles. The summed E-state index contributed by atoms with van der Waals surface area (Å²) in [6.45, 7) is 3.23. The summed E-state index contributed by atoms with van der Waals surface area (Å²) >= 11 is 0. The van der Waals surface area contributed by atoms with Gasteiger partial charge in [-0.25, -0.2) is 14.4 Å². The SMILES string of the molecule is Cc1ccc(N(C=O)c2ccc(C(F)NCCN(C)C)cc2)cc1Nc1nccc(-c2cccnc2)n1. The number of nitrogens with one attached hydrogen (secondary N) is 2. The maximum Gasteiger partial charge on any atom is 0.227 e. The quantitative estimate of drug-likeness (QED) is 0.222. The number of likely N-dealkylation sites (N-methyl/N-ethyl adjacent to an activating group) is 1. The molecule has 2 heterocycles. The molecular weight excluding hydrogens is 469 g/mol. The lowest BCUT2D eigenvalue weighted by molar-refractivity contribution is -0.106. The molecule has 4 rings (SSSR count). The summed E-state index contributed by atoms with van der Waals surface area (Å²) in [5, 5.41) is 6.12. The van der Waals surface area contributed by atoms with Gasteiger partial charge < -0.3 is 10.2 Å². The fourth-order valence-electron chi connectivity index (χ4n) is 3.72. The van der Waals surface area contributed by atoms with Gasteiger partial charge in [0.05, 0.1) is 11.4 Å². The third-order valence-corrected chi connectivity index (χ3v) is 5.81. The van der Waals surface area contributed by atoms with E-state index in [1.807, 2.05) is 62.3 Å². The fourth-order valence-corrected chi connectivity index (χ4v) is 3.72. The highest BCUT2D eigenvalue weighted by Gasteiger charge is 2.14. The first-order valence-electron chi connectivity index (χ1n) is 11.9. The van der Waals surface area contributed by atoms with Crippen LogP contribution >= 0.6 is 0 Å². The van der Waals surface area contributed by atoms with Gasteiger partial charge >= 0.3 is 0 Å². The van der Waals surface area contributed by atoms with E-state index in [1.165, 1.54) is 4.90 Å². The number of anilines is 4. The molecule has 0 aliphatic heterocycles. The molecule has 0 saturated carbocycles. The Hall–Kier alpha value is -4.21. The zero-order valence-corrected chi connectivity index (χ0v) is 21.1. The van der Waals surface area contributed by atoms with Crippen LogP contribution in [0.25, 0.3) is 11.3 Å². The van der Waals surface area contributed by atoms with E-state index in [9.17, 15) is 9.18 Å². The number of aryl methyl sites for hydroxylation is 1. The Morgan fingerprint density at radius 2 is 1.81 bits per heavy atom. The molecule has 1 amide bonds. The van der Waals surface area contributed by atoms with Crippen LogP contribution in [0.3, 0.4) is 0 Å². The van der Waals surface area contributed by atoms with Crippen LogP contribution in [-0.2, 0) is 4.79 Å². The van der Waals surface area contributed by atoms with Gasteiger partial charge in [0, 0.05) is 54.2 Å². The monoisotopic (exact) mass is 499 g/mol. The number of carbonyl (C=O) groups is 1. The largest absolute Gasteiger partial charge is 0.324 e. The molecule has 2 aromatic carbocycles. The Morgan fingerprint density at radius 1 is 1.03 bits per heavy atom. The summed E-state index contributed by atoms with van der Waals surface area (Å²) in [7, 11) is 3.88. The van der Waals surface area contributed by atoms with Gasteiger partial charge in [-0.3, -0.25) is 20.0 Å². The molecule has 2 N–H and O–H groups in total. The summed E-state index contributed by atoms with van der Waals surface area (Å²) in [4.78, 5) is 28.7. The molecule has 4 aromatic rings. The van der Waals surface area contributed by atoms with Crippen molar-refractivity contribution in [1.82, 2.24) is 25.2 Å². The topological polar surface area (TPSA) is 86.3 Å². The van der Waals surface area contributed by atoms with Crippen LogP contribution in [0, 0.1) is 6.92 Å². The number of pyridine rings is 1. The number of benzene rings is 2. The van der Waals surface area contributed by atoms with Crippen LogP contribution in [0.4, 0.5) is 27.4 Å². The lowest BCUT2D eigenvalue weighted by Crippen LogP contribution is -2.28. The molecule has 190 valence electrons. The Balaban J connectivity index is 1.51. The van der Waals surface area contributed by atoms with Crippen LogP contribution in [0.5, 0.6) is 0 Å². The highest BCUT2D eigenvalue weighted by molar-refractivity contribution is 5.88. The molecule has 0 radical (unpaired) electrons. The average Bonchev–Trinajstić information content (AvgIpc) is 2.91. The van der Waals surface area contributed by atoms with Gasteiger partial charge in [-0.15, -0.1) is 0 Å². The zero-order valence-electron chi connectivity index (χ0n) is 21.1. The Labute approximate surface area is 216 Å². The third kappa shape index (κ3) is 6.72.